The van der Waals surface area contributed by atoms with Crippen molar-refractivity contribution in [3.63, 3.8) is 0 Å². The van der Waals surface area contributed by atoms with Gasteiger partial charge in [-0.3, -0.25) is 14.8 Å². The highest BCUT2D eigenvalue weighted by molar-refractivity contribution is 5.66. The van der Waals surface area contributed by atoms with Gasteiger partial charge in [-0.2, -0.15) is 0 Å². The van der Waals surface area contributed by atoms with Crippen molar-refractivity contribution in [2.24, 2.45) is 0 Å². The molecule has 0 bridgehead atoms. The van der Waals surface area contributed by atoms with E-state index in [4.69, 9.17) is 0 Å². The number of H-pyrrole nitrogens is 2. The normalized spacial score (nSPS) is 15.7. The summed E-state index contributed by atoms with van der Waals surface area (Å²) in [6, 6.07) is 0. The fraction of sp³-hybridized carbons (Fsp3) is 0.375. The molecule has 7 heteroatoms. The zero-order valence-corrected chi connectivity index (χ0v) is 7.65. The van der Waals surface area contributed by atoms with Gasteiger partial charge in [0.05, 0.1) is 0 Å². The van der Waals surface area contributed by atoms with Crippen molar-refractivity contribution >= 4 is 11.2 Å². The molecule has 0 aliphatic heterocycles. The molecule has 2 aromatic rings. The van der Waals surface area contributed by atoms with E-state index in [2.05, 4.69) is 25.1 Å². The number of aromatic amines is 2. The lowest BCUT2D eigenvalue weighted by Crippen LogP contribution is -2.24. The van der Waals surface area contributed by atoms with Crippen LogP contribution < -0.4 is 11.2 Å². The highest BCUT2D eigenvalue weighted by Crippen LogP contribution is 2.37. The molecule has 0 spiro atoms. The first-order chi connectivity index (χ1) is 7.24. The van der Waals surface area contributed by atoms with Crippen molar-refractivity contribution in [1.82, 2.24) is 25.1 Å². The van der Waals surface area contributed by atoms with Gasteiger partial charge in [-0.1, -0.05) is 0 Å². The van der Waals surface area contributed by atoms with E-state index in [9.17, 15) is 9.59 Å². The van der Waals surface area contributed by atoms with E-state index in [-0.39, 0.29) is 11.2 Å². The van der Waals surface area contributed by atoms with Gasteiger partial charge in [-0.15, -0.1) is 10.2 Å². The van der Waals surface area contributed by atoms with Crippen molar-refractivity contribution in [3.8, 4) is 0 Å². The van der Waals surface area contributed by atoms with E-state index in [1.165, 1.54) is 0 Å². The highest BCUT2D eigenvalue weighted by Gasteiger charge is 2.27. The third-order valence-electron chi connectivity index (χ3n) is 2.32. The molecule has 0 atom stereocenters. The molecule has 3 rings (SSSR count). The first-order valence-electron chi connectivity index (χ1n) is 4.61. The summed E-state index contributed by atoms with van der Waals surface area (Å²) in [5.41, 5.74) is -0.840. The predicted molar refractivity (Wildman–Crippen MR) is 50.5 cm³/mol. The van der Waals surface area contributed by atoms with Crippen LogP contribution in [0, 0.1) is 0 Å². The Labute approximate surface area is 82.6 Å². The molecule has 0 unspecified atom stereocenters. The molecule has 2 N–H and O–H groups in total. The van der Waals surface area contributed by atoms with Crippen LogP contribution in [0.4, 0.5) is 0 Å². The minimum absolute atomic E-state index is 0.133. The zero-order chi connectivity index (χ0) is 10.4. The van der Waals surface area contributed by atoms with Gasteiger partial charge in [-0.05, 0) is 12.8 Å². The van der Waals surface area contributed by atoms with Crippen LogP contribution in [0.25, 0.3) is 11.2 Å². The molecule has 1 aliphatic carbocycles. The van der Waals surface area contributed by atoms with Crippen LogP contribution in [0.15, 0.2) is 9.59 Å². The molecule has 0 radical (unpaired) electrons. The van der Waals surface area contributed by atoms with Gasteiger partial charge in [0.1, 0.15) is 0 Å². The first kappa shape index (κ1) is 8.27. The lowest BCUT2D eigenvalue weighted by atomic mass is 10.4. The molecule has 0 amide bonds. The van der Waals surface area contributed by atoms with E-state index in [0.717, 1.165) is 12.8 Å². The lowest BCUT2D eigenvalue weighted by Gasteiger charge is -1.96. The Bertz CT molecular complexity index is 639. The quantitative estimate of drug-likeness (QED) is 0.639. The molecule has 1 saturated carbocycles. The van der Waals surface area contributed by atoms with Gasteiger partial charge in [-0.25, -0.2) is 9.78 Å². The molecule has 1 aliphatic rings. The Hall–Kier alpha value is -2.05. The summed E-state index contributed by atoms with van der Waals surface area (Å²) >= 11 is 0. The molecule has 2 aromatic heterocycles. The zero-order valence-electron chi connectivity index (χ0n) is 7.65. The summed E-state index contributed by atoms with van der Waals surface area (Å²) in [6.07, 6.45) is 2.07. The second-order valence-electron chi connectivity index (χ2n) is 3.55. The Morgan fingerprint density at radius 2 is 1.93 bits per heavy atom. The number of nitrogens with one attached hydrogen (secondary N) is 2. The second-order valence-corrected chi connectivity index (χ2v) is 3.55. The lowest BCUT2D eigenvalue weighted by molar-refractivity contribution is 0.851. The van der Waals surface area contributed by atoms with Crippen LogP contribution in [0.2, 0.25) is 0 Å². The average Bonchev–Trinajstić information content (AvgIpc) is 3.00. The molecule has 7 nitrogen and oxygen atoms in total. The minimum Gasteiger partial charge on any atom is -0.288 e. The number of aromatic nitrogens is 5. The van der Waals surface area contributed by atoms with Crippen molar-refractivity contribution in [1.29, 1.82) is 0 Å². The summed E-state index contributed by atoms with van der Waals surface area (Å²) in [5, 5.41) is 7.64. The van der Waals surface area contributed by atoms with Crippen LogP contribution >= 0.6 is 0 Å². The van der Waals surface area contributed by atoms with Crippen LogP contribution in [-0.4, -0.2) is 25.1 Å². The van der Waals surface area contributed by atoms with Crippen LogP contribution in [0.1, 0.15) is 24.6 Å². The standard InChI is InChI=1S/C8H7N5O2/c14-7-4-6(10-8(15)11-7)13-12-5(9-4)3-1-2-3/h3H,1-2H2,(H2,10,11,13,14,15). The summed E-state index contributed by atoms with van der Waals surface area (Å²) in [7, 11) is 0. The maximum atomic E-state index is 11.4. The third-order valence-corrected chi connectivity index (χ3v) is 2.32. The summed E-state index contributed by atoms with van der Waals surface area (Å²) in [4.78, 5) is 30.9. The monoisotopic (exact) mass is 205 g/mol. The van der Waals surface area contributed by atoms with Crippen molar-refractivity contribution < 1.29 is 0 Å². The van der Waals surface area contributed by atoms with E-state index >= 15 is 0 Å². The Morgan fingerprint density at radius 1 is 1.13 bits per heavy atom. The van der Waals surface area contributed by atoms with Gasteiger partial charge in [0.2, 0.25) is 0 Å². The summed E-state index contributed by atoms with van der Waals surface area (Å²) in [6.45, 7) is 0. The largest absolute Gasteiger partial charge is 0.327 e. The Kier molecular flexibility index (Phi) is 1.50. The van der Waals surface area contributed by atoms with Gasteiger partial charge < -0.3 is 0 Å². The number of fused-ring (bicyclic) bond motifs is 1. The second kappa shape index (κ2) is 2.72. The SMILES string of the molecule is O=c1[nH]c(=O)c2nc(C3CC3)nnc2[nH]1. The van der Waals surface area contributed by atoms with Crippen molar-refractivity contribution in [2.45, 2.75) is 18.8 Å². The van der Waals surface area contributed by atoms with Crippen LogP contribution in [0.5, 0.6) is 0 Å². The molecule has 15 heavy (non-hydrogen) atoms. The van der Waals surface area contributed by atoms with E-state index < -0.39 is 11.2 Å². The van der Waals surface area contributed by atoms with Gasteiger partial charge >= 0.3 is 5.69 Å². The maximum absolute atomic E-state index is 11.4. The predicted octanol–water partition coefficient (Wildman–Crippen LogP) is -0.721. The third kappa shape index (κ3) is 1.32. The van der Waals surface area contributed by atoms with E-state index in [0.29, 0.717) is 11.7 Å². The molecular formula is C8H7N5O2. The molecule has 1 fully saturated rings. The highest BCUT2D eigenvalue weighted by atomic mass is 16.2. The fourth-order valence-electron chi connectivity index (χ4n) is 1.40. The first-order valence-corrected chi connectivity index (χ1v) is 4.61. The molecule has 0 saturated heterocycles. The number of nitrogens with zero attached hydrogens (tertiary/aromatic N) is 3. The Morgan fingerprint density at radius 3 is 2.67 bits per heavy atom. The number of rotatable bonds is 1. The molecule has 76 valence electrons. The summed E-state index contributed by atoms with van der Waals surface area (Å²) in [5.74, 6) is 0.910. The molecule has 2 heterocycles. The number of hydrogen-bond acceptors (Lipinski definition) is 5. The Balaban J connectivity index is 2.34. The molecule has 0 aromatic carbocycles. The average molecular weight is 205 g/mol. The van der Waals surface area contributed by atoms with Gasteiger partial charge in [0.25, 0.3) is 5.56 Å². The fourth-order valence-corrected chi connectivity index (χ4v) is 1.40. The number of hydrogen-bond donors (Lipinski definition) is 2. The topological polar surface area (TPSA) is 104 Å². The van der Waals surface area contributed by atoms with E-state index in [1.807, 2.05) is 0 Å². The maximum Gasteiger partial charge on any atom is 0.327 e. The smallest absolute Gasteiger partial charge is 0.288 e. The van der Waals surface area contributed by atoms with Crippen LogP contribution in [0.3, 0.4) is 0 Å². The van der Waals surface area contributed by atoms with Crippen LogP contribution in [-0.2, 0) is 0 Å². The van der Waals surface area contributed by atoms with Gasteiger partial charge in [0.15, 0.2) is 17.0 Å². The van der Waals surface area contributed by atoms with Crippen molar-refractivity contribution in [3.05, 3.63) is 26.7 Å². The van der Waals surface area contributed by atoms with Gasteiger partial charge in [0, 0.05) is 5.92 Å². The molecular weight excluding hydrogens is 198 g/mol. The van der Waals surface area contributed by atoms with E-state index in [1.54, 1.807) is 0 Å². The minimum atomic E-state index is -0.595. The summed E-state index contributed by atoms with van der Waals surface area (Å²) < 4.78 is 0. The van der Waals surface area contributed by atoms with Crippen molar-refractivity contribution in [2.75, 3.05) is 0 Å².